The third-order valence-electron chi connectivity index (χ3n) is 4.96. The Morgan fingerprint density at radius 2 is 1.69 bits per heavy atom. The van der Waals surface area contributed by atoms with Crippen molar-refractivity contribution in [2.24, 2.45) is 0 Å². The standard InChI is InChI=1S/C24H22F3N7O2/c1-33(2)9-10-34-14-29-32-23(34)21-13-17(7-8-28-21)36-22-6-4-16(12-20(22)27)31-24(35)30-15-3-5-18(25)19(26)11-15/h3-8,11-14H,9-10H2,1-2H3,(H2,30,31,35). The van der Waals surface area contributed by atoms with Gasteiger partial charge in [0.1, 0.15) is 17.8 Å². The van der Waals surface area contributed by atoms with Gasteiger partial charge in [0.25, 0.3) is 0 Å². The van der Waals surface area contributed by atoms with E-state index in [1.54, 1.807) is 18.5 Å². The molecule has 4 rings (SSSR count). The van der Waals surface area contributed by atoms with Crippen molar-refractivity contribution in [3.05, 3.63) is 78.5 Å². The zero-order chi connectivity index (χ0) is 25.7. The van der Waals surface area contributed by atoms with Gasteiger partial charge < -0.3 is 24.8 Å². The lowest BCUT2D eigenvalue weighted by Crippen LogP contribution is -2.19. The number of carbonyl (C=O) groups excluding carboxylic acids is 1. The van der Waals surface area contributed by atoms with Crippen LogP contribution in [0.1, 0.15) is 0 Å². The summed E-state index contributed by atoms with van der Waals surface area (Å²) in [6, 6.07) is 9.21. The Bertz CT molecular complexity index is 1380. The van der Waals surface area contributed by atoms with Crippen LogP contribution in [0, 0.1) is 17.5 Å². The van der Waals surface area contributed by atoms with Crippen molar-refractivity contribution in [2.45, 2.75) is 6.54 Å². The van der Waals surface area contributed by atoms with Crippen LogP contribution in [0.4, 0.5) is 29.3 Å². The van der Waals surface area contributed by atoms with Crippen LogP contribution < -0.4 is 15.4 Å². The molecule has 0 bridgehead atoms. The molecule has 0 fully saturated rings. The van der Waals surface area contributed by atoms with Crippen LogP contribution in [0.3, 0.4) is 0 Å². The second-order valence-corrected chi connectivity index (χ2v) is 7.98. The molecule has 2 aromatic carbocycles. The molecule has 0 aliphatic carbocycles. The number of hydrogen-bond donors (Lipinski definition) is 2. The molecule has 0 saturated heterocycles. The first-order chi connectivity index (χ1) is 17.3. The van der Waals surface area contributed by atoms with Gasteiger partial charge >= 0.3 is 6.03 Å². The lowest BCUT2D eigenvalue weighted by Gasteiger charge is -2.12. The fraction of sp³-hybridized carbons (Fsp3) is 0.167. The minimum atomic E-state index is -1.10. The molecular weight excluding hydrogens is 475 g/mol. The molecule has 0 radical (unpaired) electrons. The van der Waals surface area contributed by atoms with Crippen molar-refractivity contribution in [2.75, 3.05) is 31.3 Å². The quantitative estimate of drug-likeness (QED) is 0.365. The molecule has 36 heavy (non-hydrogen) atoms. The molecule has 0 aliphatic rings. The first-order valence-electron chi connectivity index (χ1n) is 10.8. The van der Waals surface area contributed by atoms with Crippen LogP contribution in [0.15, 0.2) is 61.1 Å². The average Bonchev–Trinajstić information content (AvgIpc) is 3.31. The van der Waals surface area contributed by atoms with Gasteiger partial charge in [0, 0.05) is 48.9 Å². The van der Waals surface area contributed by atoms with Crippen LogP contribution in [0.5, 0.6) is 11.5 Å². The first kappa shape index (κ1) is 24.7. The average molecular weight is 497 g/mol. The Morgan fingerprint density at radius 1 is 0.972 bits per heavy atom. The maximum absolute atomic E-state index is 14.7. The van der Waals surface area contributed by atoms with Crippen LogP contribution in [0.2, 0.25) is 0 Å². The lowest BCUT2D eigenvalue weighted by molar-refractivity contribution is 0.262. The summed E-state index contributed by atoms with van der Waals surface area (Å²) < 4.78 is 48.5. The molecule has 9 nitrogen and oxygen atoms in total. The van der Waals surface area contributed by atoms with E-state index in [0.29, 0.717) is 23.8 Å². The summed E-state index contributed by atoms with van der Waals surface area (Å²) in [6.45, 7) is 1.44. The van der Waals surface area contributed by atoms with Gasteiger partial charge in [-0.05, 0) is 44.4 Å². The lowest BCUT2D eigenvalue weighted by atomic mass is 10.2. The highest BCUT2D eigenvalue weighted by atomic mass is 19.2. The number of likely N-dealkylation sites (N-methyl/N-ethyl adjacent to an activating group) is 1. The number of amides is 2. The van der Waals surface area contributed by atoms with Gasteiger partial charge in [-0.15, -0.1) is 10.2 Å². The SMILES string of the molecule is CN(C)CCn1cnnc1-c1cc(Oc2ccc(NC(=O)Nc3ccc(F)c(F)c3)cc2F)ccn1. The van der Waals surface area contributed by atoms with Crippen LogP contribution in [0.25, 0.3) is 11.5 Å². The molecule has 0 atom stereocenters. The highest BCUT2D eigenvalue weighted by Gasteiger charge is 2.13. The fourth-order valence-corrected chi connectivity index (χ4v) is 3.18. The molecule has 2 heterocycles. The molecular formula is C24H22F3N7O2. The smallest absolute Gasteiger partial charge is 0.323 e. The number of ether oxygens (including phenoxy) is 1. The normalized spacial score (nSPS) is 10.9. The number of hydrogen-bond acceptors (Lipinski definition) is 6. The number of rotatable bonds is 8. The second-order valence-electron chi connectivity index (χ2n) is 7.98. The highest BCUT2D eigenvalue weighted by molar-refractivity contribution is 5.99. The number of urea groups is 1. The van der Waals surface area contributed by atoms with Gasteiger partial charge in [-0.3, -0.25) is 4.98 Å². The molecule has 0 unspecified atom stereocenters. The van der Waals surface area contributed by atoms with E-state index in [0.717, 1.165) is 24.7 Å². The Morgan fingerprint density at radius 3 is 2.39 bits per heavy atom. The van der Waals surface area contributed by atoms with Crippen LogP contribution in [-0.2, 0) is 6.54 Å². The van der Waals surface area contributed by atoms with Gasteiger partial charge in [0.15, 0.2) is 29.0 Å². The third-order valence-corrected chi connectivity index (χ3v) is 4.96. The predicted octanol–water partition coefficient (Wildman–Crippen LogP) is 4.76. The molecule has 186 valence electrons. The maximum atomic E-state index is 14.7. The van der Waals surface area contributed by atoms with Crippen molar-refractivity contribution in [1.29, 1.82) is 0 Å². The van der Waals surface area contributed by atoms with E-state index in [2.05, 4.69) is 25.8 Å². The Hall–Kier alpha value is -4.45. The van der Waals surface area contributed by atoms with Gasteiger partial charge in [-0.2, -0.15) is 0 Å². The molecule has 2 aromatic heterocycles. The molecule has 0 spiro atoms. The zero-order valence-electron chi connectivity index (χ0n) is 19.4. The predicted molar refractivity (Wildman–Crippen MR) is 127 cm³/mol. The third kappa shape index (κ3) is 6.16. The Kier molecular flexibility index (Phi) is 7.44. The van der Waals surface area contributed by atoms with E-state index in [9.17, 15) is 18.0 Å². The van der Waals surface area contributed by atoms with Gasteiger partial charge in [-0.25, -0.2) is 18.0 Å². The Labute approximate surface area is 204 Å². The van der Waals surface area contributed by atoms with Crippen molar-refractivity contribution >= 4 is 17.4 Å². The zero-order valence-corrected chi connectivity index (χ0v) is 19.4. The summed E-state index contributed by atoms with van der Waals surface area (Å²) in [5.74, 6) is -2.06. The summed E-state index contributed by atoms with van der Waals surface area (Å²) in [6.07, 6.45) is 3.13. The summed E-state index contributed by atoms with van der Waals surface area (Å²) >= 11 is 0. The van der Waals surface area contributed by atoms with Gasteiger partial charge in [-0.1, -0.05) is 0 Å². The summed E-state index contributed by atoms with van der Waals surface area (Å²) in [5.41, 5.74) is 0.679. The number of pyridine rings is 1. The second kappa shape index (κ2) is 10.9. The summed E-state index contributed by atoms with van der Waals surface area (Å²) in [5, 5.41) is 12.8. The number of aromatic nitrogens is 4. The van der Waals surface area contributed by atoms with E-state index in [1.807, 2.05) is 23.6 Å². The molecule has 2 N–H and O–H groups in total. The summed E-state index contributed by atoms with van der Waals surface area (Å²) in [7, 11) is 3.93. The number of nitrogens with zero attached hydrogens (tertiary/aromatic N) is 5. The molecule has 0 saturated carbocycles. The Balaban J connectivity index is 1.42. The fourth-order valence-electron chi connectivity index (χ4n) is 3.18. The molecule has 12 heteroatoms. The van der Waals surface area contributed by atoms with Crippen molar-refractivity contribution < 1.29 is 22.7 Å². The van der Waals surface area contributed by atoms with Crippen LogP contribution in [-0.4, -0.2) is 51.3 Å². The number of benzene rings is 2. The van der Waals surface area contributed by atoms with E-state index in [4.69, 9.17) is 4.74 Å². The minimum absolute atomic E-state index is 0.0397. The van der Waals surface area contributed by atoms with Gasteiger partial charge in [0.2, 0.25) is 0 Å². The van der Waals surface area contributed by atoms with E-state index in [-0.39, 0.29) is 17.1 Å². The highest BCUT2D eigenvalue weighted by Crippen LogP contribution is 2.28. The number of nitrogens with one attached hydrogen (secondary N) is 2. The van der Waals surface area contributed by atoms with Crippen LogP contribution >= 0.6 is 0 Å². The number of anilines is 2. The van der Waals surface area contributed by atoms with Crippen molar-refractivity contribution in [1.82, 2.24) is 24.6 Å². The van der Waals surface area contributed by atoms with E-state index in [1.165, 1.54) is 24.4 Å². The molecule has 4 aromatic rings. The van der Waals surface area contributed by atoms with E-state index >= 15 is 0 Å². The summed E-state index contributed by atoms with van der Waals surface area (Å²) in [4.78, 5) is 18.5. The van der Waals surface area contributed by atoms with E-state index < -0.39 is 23.5 Å². The molecule has 0 aliphatic heterocycles. The minimum Gasteiger partial charge on any atom is -0.454 e. The largest absolute Gasteiger partial charge is 0.454 e. The van der Waals surface area contributed by atoms with Gasteiger partial charge in [0.05, 0.1) is 0 Å². The van der Waals surface area contributed by atoms with Crippen molar-refractivity contribution in [3.8, 4) is 23.0 Å². The monoisotopic (exact) mass is 497 g/mol. The molecule has 2 amide bonds. The topological polar surface area (TPSA) is 97.2 Å². The number of carbonyl (C=O) groups is 1. The van der Waals surface area contributed by atoms with Crippen molar-refractivity contribution in [3.63, 3.8) is 0 Å². The first-order valence-corrected chi connectivity index (χ1v) is 10.8. The number of halogens is 3. The maximum Gasteiger partial charge on any atom is 0.323 e.